The van der Waals surface area contributed by atoms with Gasteiger partial charge < -0.3 is 10.6 Å². The molecule has 1 aromatic heterocycles. The van der Waals surface area contributed by atoms with Crippen LogP contribution >= 0.6 is 23.6 Å². The molecule has 1 heterocycles. The van der Waals surface area contributed by atoms with Crippen LogP contribution in [-0.4, -0.2) is 26.5 Å². The molecule has 6 nitrogen and oxygen atoms in total. The van der Waals surface area contributed by atoms with E-state index in [0.29, 0.717) is 11.1 Å². The zero-order valence-corrected chi connectivity index (χ0v) is 17.9. The molecular weight excluding hydrogens is 402 g/mol. The van der Waals surface area contributed by atoms with E-state index in [1.807, 2.05) is 24.4 Å². The molecule has 0 saturated carbocycles. The van der Waals surface area contributed by atoms with Crippen molar-refractivity contribution in [3.63, 3.8) is 0 Å². The van der Waals surface area contributed by atoms with Gasteiger partial charge in [0.05, 0.1) is 17.4 Å². The van der Waals surface area contributed by atoms with Gasteiger partial charge in [0.15, 0.2) is 5.11 Å². The molecule has 146 valence electrons. The van der Waals surface area contributed by atoms with Crippen molar-refractivity contribution < 1.29 is 13.2 Å². The second kappa shape index (κ2) is 9.29. The van der Waals surface area contributed by atoms with Crippen molar-refractivity contribution in [3.8, 4) is 0 Å². The Balaban J connectivity index is 2.15. The van der Waals surface area contributed by atoms with Crippen LogP contribution < -0.4 is 15.4 Å². The lowest BCUT2D eigenvalue weighted by Crippen LogP contribution is -2.37. The fourth-order valence-corrected chi connectivity index (χ4v) is 5.01. The van der Waals surface area contributed by atoms with Crippen LogP contribution in [0.5, 0.6) is 0 Å². The van der Waals surface area contributed by atoms with E-state index in [4.69, 9.17) is 12.2 Å². The Morgan fingerprint density at radius 1 is 1.30 bits per heavy atom. The zero-order chi connectivity index (χ0) is 20.0. The van der Waals surface area contributed by atoms with Gasteiger partial charge in [0.1, 0.15) is 0 Å². The van der Waals surface area contributed by atoms with Crippen molar-refractivity contribution in [3.05, 3.63) is 51.7 Å². The maximum Gasteiger partial charge on any atom is 0.263 e. The summed E-state index contributed by atoms with van der Waals surface area (Å²) in [4.78, 5) is 13.7. The van der Waals surface area contributed by atoms with Gasteiger partial charge in [-0.3, -0.25) is 9.52 Å². The highest BCUT2D eigenvalue weighted by molar-refractivity contribution is 7.91. The van der Waals surface area contributed by atoms with Crippen molar-refractivity contribution in [1.82, 2.24) is 15.4 Å². The quantitative estimate of drug-likeness (QED) is 0.594. The van der Waals surface area contributed by atoms with Gasteiger partial charge in [0.2, 0.25) is 5.91 Å². The molecule has 9 heteroatoms. The predicted molar refractivity (Wildman–Crippen MR) is 112 cm³/mol. The molecule has 0 bridgehead atoms. The molecule has 0 saturated heterocycles. The molecule has 1 unspecified atom stereocenters. The lowest BCUT2D eigenvalue weighted by atomic mass is 10.1. The van der Waals surface area contributed by atoms with Crippen LogP contribution in [0, 0.1) is 6.92 Å². The van der Waals surface area contributed by atoms with Gasteiger partial charge in [-0.25, -0.2) is 8.42 Å². The Labute approximate surface area is 169 Å². The summed E-state index contributed by atoms with van der Waals surface area (Å²) in [6.45, 7) is 3.71. The lowest BCUT2D eigenvalue weighted by Gasteiger charge is -2.16. The first-order valence-electron chi connectivity index (χ1n) is 8.43. The molecule has 0 radical (unpaired) electrons. The van der Waals surface area contributed by atoms with Crippen LogP contribution in [0.1, 0.15) is 35.4 Å². The first-order valence-corrected chi connectivity index (χ1v) is 11.2. The van der Waals surface area contributed by atoms with Gasteiger partial charge in [-0.2, -0.15) is 0 Å². The molecule has 0 aliphatic rings. The summed E-state index contributed by atoms with van der Waals surface area (Å²) < 4.78 is 27.3. The monoisotopic (exact) mass is 425 g/mol. The lowest BCUT2D eigenvalue weighted by molar-refractivity contribution is -0.121. The van der Waals surface area contributed by atoms with Gasteiger partial charge in [0, 0.05) is 11.9 Å². The third-order valence-electron chi connectivity index (χ3n) is 3.99. The molecule has 0 aliphatic carbocycles. The molecule has 1 aromatic carbocycles. The number of hydrogen-bond acceptors (Lipinski definition) is 5. The fourth-order valence-electron chi connectivity index (χ4n) is 2.57. The van der Waals surface area contributed by atoms with Crippen LogP contribution in [0.15, 0.2) is 40.6 Å². The van der Waals surface area contributed by atoms with Crippen LogP contribution in [0.2, 0.25) is 0 Å². The van der Waals surface area contributed by atoms with Gasteiger partial charge in [0.25, 0.3) is 10.0 Å². The van der Waals surface area contributed by atoms with Crippen molar-refractivity contribution in [2.75, 3.05) is 7.05 Å². The summed E-state index contributed by atoms with van der Waals surface area (Å²) in [5.74, 6) is -0.152. The Hall–Kier alpha value is -1.97. The van der Waals surface area contributed by atoms with Gasteiger partial charge in [-0.15, -0.1) is 11.3 Å². The van der Waals surface area contributed by atoms with Gasteiger partial charge in [-0.05, 0) is 54.2 Å². The van der Waals surface area contributed by atoms with Crippen molar-refractivity contribution in [1.29, 1.82) is 0 Å². The van der Waals surface area contributed by atoms with E-state index in [0.717, 1.165) is 11.3 Å². The van der Waals surface area contributed by atoms with E-state index in [1.54, 1.807) is 30.4 Å². The summed E-state index contributed by atoms with van der Waals surface area (Å²) in [6, 6.07) is 8.87. The minimum absolute atomic E-state index is 0.0132. The SMILES string of the molecule is CCC(NC(=O)Cc1ccc(C)c(S(=O)(=O)NC(=S)NC)c1)c1cccs1. The normalized spacial score (nSPS) is 12.3. The molecule has 1 amide bonds. The highest BCUT2D eigenvalue weighted by Gasteiger charge is 2.20. The first-order chi connectivity index (χ1) is 12.8. The van der Waals surface area contributed by atoms with Gasteiger partial charge in [-0.1, -0.05) is 25.1 Å². The average Bonchev–Trinajstić information content (AvgIpc) is 3.15. The second-order valence-corrected chi connectivity index (χ2v) is 9.04. The number of benzene rings is 1. The summed E-state index contributed by atoms with van der Waals surface area (Å²) in [7, 11) is -2.27. The number of thiophene rings is 1. The summed E-state index contributed by atoms with van der Waals surface area (Å²) >= 11 is 6.48. The highest BCUT2D eigenvalue weighted by atomic mass is 32.2. The number of rotatable bonds is 7. The van der Waals surface area contributed by atoms with Crippen LogP contribution in [0.3, 0.4) is 0 Å². The highest BCUT2D eigenvalue weighted by Crippen LogP contribution is 2.22. The number of hydrogen-bond donors (Lipinski definition) is 3. The van der Waals surface area contributed by atoms with Crippen LogP contribution in [0.25, 0.3) is 0 Å². The van der Waals surface area contributed by atoms with E-state index in [2.05, 4.69) is 15.4 Å². The Morgan fingerprint density at radius 3 is 2.63 bits per heavy atom. The predicted octanol–water partition coefficient (Wildman–Crippen LogP) is 2.65. The van der Waals surface area contributed by atoms with E-state index < -0.39 is 10.0 Å². The maximum atomic E-state index is 12.5. The minimum Gasteiger partial charge on any atom is -0.365 e. The summed E-state index contributed by atoms with van der Waals surface area (Å²) in [5.41, 5.74) is 1.20. The standard InChI is InChI=1S/C18H23N3O3S3/c1-4-14(15-6-5-9-26-15)20-17(22)11-13-8-7-12(2)16(10-13)27(23,24)21-18(25)19-3/h5-10,14H,4,11H2,1-3H3,(H,20,22)(H2,19,21,25). The Bertz CT molecular complexity index is 909. The van der Waals surface area contributed by atoms with E-state index in [1.165, 1.54) is 13.1 Å². The van der Waals surface area contributed by atoms with Crippen molar-refractivity contribution >= 4 is 44.6 Å². The van der Waals surface area contributed by atoms with Crippen LogP contribution in [-0.2, 0) is 21.2 Å². The molecular formula is C18H23N3O3S3. The van der Waals surface area contributed by atoms with E-state index >= 15 is 0 Å². The minimum atomic E-state index is -3.81. The van der Waals surface area contributed by atoms with E-state index in [-0.39, 0.29) is 28.4 Å². The van der Waals surface area contributed by atoms with Crippen molar-refractivity contribution in [2.45, 2.75) is 37.6 Å². The first kappa shape index (κ1) is 21.3. The zero-order valence-electron chi connectivity index (χ0n) is 15.4. The van der Waals surface area contributed by atoms with Crippen LogP contribution in [0.4, 0.5) is 0 Å². The topological polar surface area (TPSA) is 87.3 Å². The third kappa shape index (κ3) is 5.75. The average molecular weight is 426 g/mol. The number of nitrogens with one attached hydrogen (secondary N) is 3. The third-order valence-corrected chi connectivity index (χ3v) is 6.90. The number of thiocarbonyl (C=S) groups is 1. The van der Waals surface area contributed by atoms with E-state index in [9.17, 15) is 13.2 Å². The van der Waals surface area contributed by atoms with Crippen molar-refractivity contribution in [2.24, 2.45) is 0 Å². The maximum absolute atomic E-state index is 12.5. The summed E-state index contributed by atoms with van der Waals surface area (Å²) in [5, 5.41) is 7.57. The number of sulfonamides is 1. The Morgan fingerprint density at radius 2 is 2.04 bits per heavy atom. The second-order valence-electron chi connectivity index (χ2n) is 6.01. The molecule has 1 atom stereocenters. The molecule has 2 rings (SSSR count). The molecule has 0 aliphatic heterocycles. The Kier molecular flexibility index (Phi) is 7.34. The largest absolute Gasteiger partial charge is 0.365 e. The smallest absolute Gasteiger partial charge is 0.263 e. The molecule has 0 spiro atoms. The fraction of sp³-hybridized carbons (Fsp3) is 0.333. The molecule has 0 fully saturated rings. The number of carbonyl (C=O) groups is 1. The number of carbonyl (C=O) groups excluding carboxylic acids is 1. The molecule has 2 aromatic rings. The van der Waals surface area contributed by atoms with Gasteiger partial charge >= 0.3 is 0 Å². The number of amides is 1. The molecule has 27 heavy (non-hydrogen) atoms. The molecule has 3 N–H and O–H groups in total. The summed E-state index contributed by atoms with van der Waals surface area (Å²) in [6.07, 6.45) is 0.881. The number of aryl methyl sites for hydroxylation is 1.